The number of fused-ring (bicyclic) bond motifs is 9. The molecule has 6 heteroatoms. The molecule has 0 saturated carbocycles. The van der Waals surface area contributed by atoms with Crippen molar-refractivity contribution in [2.45, 2.75) is 0 Å². The molecule has 4 aromatic carbocycles. The fourth-order valence-corrected chi connectivity index (χ4v) is 5.02. The normalized spacial score (nSPS) is 10.7. The molecule has 7 rings (SSSR count). The molecule has 0 atom stereocenters. The van der Waals surface area contributed by atoms with Crippen LogP contribution in [0.2, 0.25) is 0 Å². The molecule has 0 amide bonds. The fourth-order valence-electron chi connectivity index (χ4n) is 5.02. The molecule has 42 heavy (non-hydrogen) atoms. The number of terminal acetylenes is 6. The zero-order chi connectivity index (χ0) is 29.1. The Morgan fingerprint density at radius 2 is 0.429 bits per heavy atom. The van der Waals surface area contributed by atoms with Gasteiger partial charge in [-0.2, -0.15) is 0 Å². The van der Waals surface area contributed by atoms with Crippen molar-refractivity contribution in [1.82, 2.24) is 29.9 Å². The fraction of sp³-hybridized carbons (Fsp3) is 0. The first-order valence-corrected chi connectivity index (χ1v) is 12.4. The van der Waals surface area contributed by atoms with Gasteiger partial charge in [0.25, 0.3) is 0 Å². The Balaban J connectivity index is 1.74. The molecule has 6 nitrogen and oxygen atoms in total. The topological polar surface area (TPSA) is 77.3 Å². The second-order valence-electron chi connectivity index (χ2n) is 9.29. The van der Waals surface area contributed by atoms with Crippen molar-refractivity contribution in [3.63, 3.8) is 0 Å². The van der Waals surface area contributed by atoms with E-state index in [1.54, 1.807) is 36.4 Å². The van der Waals surface area contributed by atoms with Gasteiger partial charge < -0.3 is 0 Å². The molecule has 0 aliphatic carbocycles. The molecule has 7 aromatic rings. The van der Waals surface area contributed by atoms with Crippen LogP contribution >= 0.6 is 0 Å². The first kappa shape index (κ1) is 24.1. The van der Waals surface area contributed by atoms with Crippen LogP contribution in [-0.4, -0.2) is 29.9 Å². The summed E-state index contributed by atoms with van der Waals surface area (Å²) in [6.45, 7) is 0. The molecule has 0 radical (unpaired) electrons. The van der Waals surface area contributed by atoms with Gasteiger partial charge in [0.05, 0.1) is 33.1 Å². The minimum absolute atomic E-state index is 0.449. The van der Waals surface area contributed by atoms with Gasteiger partial charge in [-0.15, -0.1) is 38.5 Å². The molecular formula is C36H12N6. The molecule has 0 N–H and O–H groups in total. The van der Waals surface area contributed by atoms with Crippen LogP contribution in [0, 0.1) is 74.1 Å². The zero-order valence-electron chi connectivity index (χ0n) is 21.6. The molecule has 0 unspecified atom stereocenters. The van der Waals surface area contributed by atoms with E-state index < -0.39 is 0 Å². The van der Waals surface area contributed by atoms with E-state index in [9.17, 15) is 0 Å². The third-order valence-electron chi connectivity index (χ3n) is 7.02. The number of nitrogens with zero attached hydrogens (tertiary/aromatic N) is 6. The molecule has 0 aliphatic heterocycles. The maximum absolute atomic E-state index is 5.71. The Kier molecular flexibility index (Phi) is 5.04. The minimum Gasteiger partial charge on any atom is -0.242 e. The number of benzene rings is 4. The van der Waals surface area contributed by atoms with Crippen LogP contribution in [0.25, 0.3) is 66.2 Å². The second-order valence-corrected chi connectivity index (χ2v) is 9.29. The van der Waals surface area contributed by atoms with Crippen molar-refractivity contribution in [3.05, 3.63) is 69.8 Å². The average molecular weight is 529 g/mol. The van der Waals surface area contributed by atoms with Gasteiger partial charge in [0, 0.05) is 33.4 Å². The second kappa shape index (κ2) is 8.78. The molecule has 3 aromatic heterocycles. The third kappa shape index (κ3) is 3.32. The lowest BCUT2D eigenvalue weighted by atomic mass is 10.0. The van der Waals surface area contributed by atoms with Crippen molar-refractivity contribution < 1.29 is 0 Å². The highest BCUT2D eigenvalue weighted by Gasteiger charge is 2.20. The van der Waals surface area contributed by atoms with E-state index in [0.29, 0.717) is 99.6 Å². The average Bonchev–Trinajstić information content (AvgIpc) is 3.03. The highest BCUT2D eigenvalue weighted by atomic mass is 14.9. The maximum atomic E-state index is 5.71. The van der Waals surface area contributed by atoms with Gasteiger partial charge in [0.2, 0.25) is 0 Å². The predicted octanol–water partition coefficient (Wildman–Crippen LogP) is 4.86. The highest BCUT2D eigenvalue weighted by molar-refractivity contribution is 6.21. The van der Waals surface area contributed by atoms with E-state index in [1.807, 2.05) is 0 Å². The Morgan fingerprint density at radius 1 is 0.286 bits per heavy atom. The van der Waals surface area contributed by atoms with Crippen LogP contribution in [0.1, 0.15) is 33.4 Å². The largest absolute Gasteiger partial charge is 0.242 e. The molecule has 0 bridgehead atoms. The van der Waals surface area contributed by atoms with Crippen LogP contribution in [0.3, 0.4) is 0 Å². The summed E-state index contributed by atoms with van der Waals surface area (Å²) in [5.41, 5.74) is 9.05. The summed E-state index contributed by atoms with van der Waals surface area (Å²) in [6.07, 6.45) is 34.3. The van der Waals surface area contributed by atoms with Crippen LogP contribution in [0.4, 0.5) is 0 Å². The van der Waals surface area contributed by atoms with E-state index in [1.165, 1.54) is 0 Å². The van der Waals surface area contributed by atoms with Crippen LogP contribution in [0.5, 0.6) is 0 Å². The third-order valence-corrected chi connectivity index (χ3v) is 7.02. The standard InChI is InChI=1S/C36H12N6/c1-7-19-13-25-26(14-20(19)8-2)38-32-31(37-25)33-35(41-28-16-22(10-4)21(9-3)15-27(28)39-33)36-34(32)40-29-17-23(11-5)24(12-6)18-30(29)42-36/h1-6,13-18H. The summed E-state index contributed by atoms with van der Waals surface area (Å²) in [6, 6.07) is 10.4. The predicted molar refractivity (Wildman–Crippen MR) is 166 cm³/mol. The van der Waals surface area contributed by atoms with E-state index in [4.69, 9.17) is 68.4 Å². The number of hydrogen-bond donors (Lipinski definition) is 0. The Hall–Kier alpha value is -6.96. The van der Waals surface area contributed by atoms with Gasteiger partial charge in [-0.05, 0) is 36.4 Å². The highest BCUT2D eigenvalue weighted by Crippen LogP contribution is 2.34. The number of aromatic nitrogens is 6. The summed E-state index contributed by atoms with van der Waals surface area (Å²) >= 11 is 0. The SMILES string of the molecule is C#Cc1cc2nc3c4nc5cc(C#C)c(C#C)cc5nc4c4nc5cc(C#C)c(C#C)cc5nc4c3nc2cc1C#C. The Morgan fingerprint density at radius 3 is 0.548 bits per heavy atom. The number of rotatable bonds is 0. The summed E-state index contributed by atoms with van der Waals surface area (Å²) in [5.74, 6) is 15.7. The van der Waals surface area contributed by atoms with Gasteiger partial charge in [-0.25, -0.2) is 29.9 Å². The lowest BCUT2D eigenvalue weighted by Gasteiger charge is -2.11. The van der Waals surface area contributed by atoms with Gasteiger partial charge >= 0.3 is 0 Å². The van der Waals surface area contributed by atoms with Crippen LogP contribution in [0.15, 0.2) is 36.4 Å². The monoisotopic (exact) mass is 528 g/mol. The molecule has 3 heterocycles. The van der Waals surface area contributed by atoms with Crippen LogP contribution in [-0.2, 0) is 0 Å². The Labute approximate surface area is 239 Å². The van der Waals surface area contributed by atoms with Gasteiger partial charge in [-0.3, -0.25) is 0 Å². The molecule has 0 aliphatic rings. The van der Waals surface area contributed by atoms with E-state index >= 15 is 0 Å². The van der Waals surface area contributed by atoms with Crippen molar-refractivity contribution in [2.75, 3.05) is 0 Å². The number of hydrogen-bond acceptors (Lipinski definition) is 6. The first-order valence-electron chi connectivity index (χ1n) is 12.4. The van der Waals surface area contributed by atoms with Crippen LogP contribution < -0.4 is 0 Å². The first-order chi connectivity index (χ1) is 20.5. The summed E-state index contributed by atoms with van der Waals surface area (Å²) in [4.78, 5) is 29.6. The smallest absolute Gasteiger partial charge is 0.120 e. The van der Waals surface area contributed by atoms with Crippen molar-refractivity contribution in [1.29, 1.82) is 0 Å². The van der Waals surface area contributed by atoms with Gasteiger partial charge in [0.15, 0.2) is 0 Å². The lowest BCUT2D eigenvalue weighted by molar-refractivity contribution is 1.33. The van der Waals surface area contributed by atoms with E-state index in [2.05, 4.69) is 35.5 Å². The van der Waals surface area contributed by atoms with Gasteiger partial charge in [0.1, 0.15) is 33.1 Å². The van der Waals surface area contributed by atoms with Crippen molar-refractivity contribution in [2.24, 2.45) is 0 Å². The maximum Gasteiger partial charge on any atom is 0.120 e. The molecule has 0 saturated heterocycles. The molecule has 0 spiro atoms. The minimum atomic E-state index is 0.449. The van der Waals surface area contributed by atoms with E-state index in [-0.39, 0.29) is 0 Å². The summed E-state index contributed by atoms with van der Waals surface area (Å²) < 4.78 is 0. The lowest BCUT2D eigenvalue weighted by Crippen LogP contribution is -2.00. The summed E-state index contributed by atoms with van der Waals surface area (Å²) in [5, 5.41) is 0. The molecular weight excluding hydrogens is 516 g/mol. The zero-order valence-corrected chi connectivity index (χ0v) is 21.6. The quantitative estimate of drug-likeness (QED) is 0.159. The van der Waals surface area contributed by atoms with E-state index in [0.717, 1.165) is 0 Å². The van der Waals surface area contributed by atoms with Gasteiger partial charge in [-0.1, -0.05) is 35.5 Å². The van der Waals surface area contributed by atoms with Crippen molar-refractivity contribution >= 4 is 66.2 Å². The molecule has 0 fully saturated rings. The summed E-state index contributed by atoms with van der Waals surface area (Å²) in [7, 11) is 0. The Bertz CT molecular complexity index is 2180. The van der Waals surface area contributed by atoms with Crippen molar-refractivity contribution in [3.8, 4) is 74.1 Å². The molecule has 186 valence electrons.